The molecule has 0 aromatic carbocycles. The Morgan fingerprint density at radius 3 is 2.36 bits per heavy atom. The number of aliphatic carboxylic acids is 1. The van der Waals surface area contributed by atoms with Crippen molar-refractivity contribution in [3.8, 4) is 0 Å². The Bertz CT molecular complexity index is 156. The average Bonchev–Trinajstić information content (AvgIpc) is 1.98. The van der Waals surface area contributed by atoms with Crippen LogP contribution in [0.1, 0.15) is 19.8 Å². The molecule has 0 rings (SSSR count). The highest BCUT2D eigenvalue weighted by Crippen LogP contribution is 1.96. The smallest absolute Gasteiger partial charge is 0.305 e. The van der Waals surface area contributed by atoms with Crippen LogP contribution in [0.5, 0.6) is 0 Å². The van der Waals surface area contributed by atoms with Crippen molar-refractivity contribution in [3.05, 3.63) is 0 Å². The van der Waals surface area contributed by atoms with E-state index < -0.39 is 12.0 Å². The number of carbonyl (C=O) groups excluding carboxylic acids is 1. The average molecular weight is 159 g/mol. The van der Waals surface area contributed by atoms with Gasteiger partial charge in [-0.05, 0) is 7.05 Å². The summed E-state index contributed by atoms with van der Waals surface area (Å²) in [6.45, 7) is 1.72. The molecule has 0 saturated carbocycles. The van der Waals surface area contributed by atoms with Crippen LogP contribution in [0.15, 0.2) is 0 Å². The first-order valence-corrected chi connectivity index (χ1v) is 3.53. The van der Waals surface area contributed by atoms with E-state index in [2.05, 4.69) is 5.32 Å². The van der Waals surface area contributed by atoms with Crippen molar-refractivity contribution in [2.24, 2.45) is 0 Å². The Morgan fingerprint density at radius 1 is 1.55 bits per heavy atom. The molecule has 0 fully saturated rings. The molecule has 2 N–H and O–H groups in total. The van der Waals surface area contributed by atoms with E-state index in [9.17, 15) is 9.59 Å². The highest BCUT2D eigenvalue weighted by Gasteiger charge is 2.17. The van der Waals surface area contributed by atoms with Crippen molar-refractivity contribution in [2.45, 2.75) is 25.8 Å². The molecular formula is C7H13NO3. The Morgan fingerprint density at radius 2 is 2.09 bits per heavy atom. The Balaban J connectivity index is 3.94. The third kappa shape index (κ3) is 3.72. The zero-order valence-corrected chi connectivity index (χ0v) is 6.76. The number of nitrogens with one attached hydrogen (secondary N) is 1. The van der Waals surface area contributed by atoms with E-state index in [-0.39, 0.29) is 12.2 Å². The molecule has 0 aromatic rings. The third-order valence-corrected chi connectivity index (χ3v) is 1.46. The summed E-state index contributed by atoms with van der Waals surface area (Å²) in [4.78, 5) is 21.1. The van der Waals surface area contributed by atoms with Gasteiger partial charge in [0.15, 0.2) is 0 Å². The predicted octanol–water partition coefficient (Wildman–Crippen LogP) is 0.0282. The summed E-state index contributed by atoms with van der Waals surface area (Å²) in [7, 11) is 1.58. The second kappa shape index (κ2) is 4.85. The lowest BCUT2D eigenvalue weighted by Gasteiger charge is -2.10. The van der Waals surface area contributed by atoms with Gasteiger partial charge in [0.2, 0.25) is 0 Å². The van der Waals surface area contributed by atoms with Gasteiger partial charge in [-0.1, -0.05) is 6.92 Å². The van der Waals surface area contributed by atoms with Crippen molar-refractivity contribution < 1.29 is 14.7 Å². The van der Waals surface area contributed by atoms with E-state index in [0.29, 0.717) is 6.42 Å². The van der Waals surface area contributed by atoms with Crippen LogP contribution in [-0.2, 0) is 9.59 Å². The van der Waals surface area contributed by atoms with Crippen molar-refractivity contribution in [3.63, 3.8) is 0 Å². The molecule has 4 heteroatoms. The van der Waals surface area contributed by atoms with E-state index in [4.69, 9.17) is 5.11 Å². The van der Waals surface area contributed by atoms with Gasteiger partial charge in [-0.2, -0.15) is 0 Å². The molecule has 0 amide bonds. The van der Waals surface area contributed by atoms with Gasteiger partial charge in [-0.15, -0.1) is 0 Å². The minimum atomic E-state index is -0.953. The summed E-state index contributed by atoms with van der Waals surface area (Å²) in [5, 5.41) is 11.0. The largest absolute Gasteiger partial charge is 0.481 e. The molecule has 1 atom stereocenters. The molecule has 0 aliphatic heterocycles. The molecule has 0 aliphatic carbocycles. The van der Waals surface area contributed by atoms with E-state index >= 15 is 0 Å². The summed E-state index contributed by atoms with van der Waals surface area (Å²) in [5.74, 6) is -1.01. The van der Waals surface area contributed by atoms with Gasteiger partial charge in [0.1, 0.15) is 5.78 Å². The van der Waals surface area contributed by atoms with Gasteiger partial charge in [0.05, 0.1) is 12.5 Å². The maximum Gasteiger partial charge on any atom is 0.305 e. The highest BCUT2D eigenvalue weighted by molar-refractivity contribution is 5.87. The summed E-state index contributed by atoms with van der Waals surface area (Å²) >= 11 is 0. The van der Waals surface area contributed by atoms with Crippen molar-refractivity contribution >= 4 is 11.8 Å². The molecular weight excluding hydrogens is 146 g/mol. The number of carboxylic acids is 1. The van der Waals surface area contributed by atoms with Gasteiger partial charge >= 0.3 is 5.97 Å². The minimum absolute atomic E-state index is 0.0603. The fraction of sp³-hybridized carbons (Fsp3) is 0.714. The topological polar surface area (TPSA) is 66.4 Å². The summed E-state index contributed by atoms with van der Waals surface area (Å²) in [6, 6.07) is -0.530. The summed E-state index contributed by atoms with van der Waals surface area (Å²) < 4.78 is 0. The van der Waals surface area contributed by atoms with Gasteiger partial charge in [-0.3, -0.25) is 9.59 Å². The van der Waals surface area contributed by atoms with Gasteiger partial charge in [0.25, 0.3) is 0 Å². The van der Waals surface area contributed by atoms with Gasteiger partial charge < -0.3 is 10.4 Å². The molecule has 0 aliphatic rings. The molecule has 0 radical (unpaired) electrons. The van der Waals surface area contributed by atoms with E-state index in [0.717, 1.165) is 0 Å². The van der Waals surface area contributed by atoms with E-state index in [1.165, 1.54) is 0 Å². The molecule has 0 aromatic heterocycles. The Labute approximate surface area is 65.6 Å². The Hall–Kier alpha value is -0.900. The number of hydrogen-bond donors (Lipinski definition) is 2. The lowest BCUT2D eigenvalue weighted by atomic mass is 10.1. The van der Waals surface area contributed by atoms with Gasteiger partial charge in [0, 0.05) is 6.42 Å². The summed E-state index contributed by atoms with van der Waals surface area (Å²) in [5.41, 5.74) is 0. The second-order valence-corrected chi connectivity index (χ2v) is 2.26. The molecule has 4 nitrogen and oxygen atoms in total. The van der Waals surface area contributed by atoms with Crippen LogP contribution in [0.3, 0.4) is 0 Å². The maximum absolute atomic E-state index is 11.0. The van der Waals surface area contributed by atoms with E-state index in [1.54, 1.807) is 14.0 Å². The standard InChI is InChI=1S/C7H13NO3/c1-3-6(9)5(8-2)4-7(10)11/h5,8H,3-4H2,1-2H3,(H,10,11). The lowest BCUT2D eigenvalue weighted by molar-refractivity contribution is -0.139. The maximum atomic E-state index is 11.0. The fourth-order valence-electron chi connectivity index (χ4n) is 0.798. The van der Waals surface area contributed by atoms with Gasteiger partial charge in [-0.25, -0.2) is 0 Å². The molecule has 1 unspecified atom stereocenters. The zero-order valence-electron chi connectivity index (χ0n) is 6.76. The fourth-order valence-corrected chi connectivity index (χ4v) is 0.798. The normalized spacial score (nSPS) is 12.5. The number of carboxylic acid groups (broad SMARTS) is 1. The number of likely N-dealkylation sites (N-methyl/N-ethyl adjacent to an activating group) is 1. The van der Waals surface area contributed by atoms with Crippen LogP contribution >= 0.6 is 0 Å². The number of carbonyl (C=O) groups is 2. The monoisotopic (exact) mass is 159 g/mol. The van der Waals surface area contributed by atoms with Crippen LogP contribution in [-0.4, -0.2) is 29.9 Å². The lowest BCUT2D eigenvalue weighted by Crippen LogP contribution is -2.35. The number of ketones is 1. The first-order chi connectivity index (χ1) is 5.11. The number of hydrogen-bond acceptors (Lipinski definition) is 3. The first kappa shape index (κ1) is 10.1. The molecule has 0 bridgehead atoms. The number of Topliss-reactive ketones (excluding diaryl/α,β-unsaturated/α-hetero) is 1. The minimum Gasteiger partial charge on any atom is -0.481 e. The molecule has 0 saturated heterocycles. The molecule has 11 heavy (non-hydrogen) atoms. The Kier molecular flexibility index (Phi) is 4.45. The van der Waals surface area contributed by atoms with Crippen molar-refractivity contribution in [2.75, 3.05) is 7.05 Å². The zero-order chi connectivity index (χ0) is 8.85. The molecule has 0 heterocycles. The van der Waals surface area contributed by atoms with Crippen LogP contribution < -0.4 is 5.32 Å². The molecule has 64 valence electrons. The quantitative estimate of drug-likeness (QED) is 0.594. The van der Waals surface area contributed by atoms with Crippen molar-refractivity contribution in [1.82, 2.24) is 5.32 Å². The van der Waals surface area contributed by atoms with Crippen molar-refractivity contribution in [1.29, 1.82) is 0 Å². The highest BCUT2D eigenvalue weighted by atomic mass is 16.4. The van der Waals surface area contributed by atoms with Crippen LogP contribution in [0.2, 0.25) is 0 Å². The second-order valence-electron chi connectivity index (χ2n) is 2.26. The molecule has 0 spiro atoms. The van der Waals surface area contributed by atoms with Crippen LogP contribution in [0.25, 0.3) is 0 Å². The van der Waals surface area contributed by atoms with Crippen LogP contribution in [0, 0.1) is 0 Å². The van der Waals surface area contributed by atoms with Crippen LogP contribution in [0.4, 0.5) is 0 Å². The van der Waals surface area contributed by atoms with E-state index in [1.807, 2.05) is 0 Å². The predicted molar refractivity (Wildman–Crippen MR) is 40.4 cm³/mol. The number of rotatable bonds is 5. The SMILES string of the molecule is CCC(=O)C(CC(=O)O)NC. The third-order valence-electron chi connectivity index (χ3n) is 1.46. The first-order valence-electron chi connectivity index (χ1n) is 3.53. The summed E-state index contributed by atoms with van der Waals surface area (Å²) in [6.07, 6.45) is 0.238.